The van der Waals surface area contributed by atoms with Gasteiger partial charge in [0.15, 0.2) is 0 Å². The molecule has 0 bridgehead atoms. The van der Waals surface area contributed by atoms with Crippen LogP contribution in [0.3, 0.4) is 0 Å². The normalized spacial score (nSPS) is 17.9. The van der Waals surface area contributed by atoms with Crippen molar-refractivity contribution in [1.29, 1.82) is 0 Å². The topological polar surface area (TPSA) is 80.9 Å². The monoisotopic (exact) mass is 1540 g/mol. The fourth-order valence-corrected chi connectivity index (χ4v) is 23.2. The molecule has 400 valence electrons. The first kappa shape index (κ1) is 60.3. The summed E-state index contributed by atoms with van der Waals surface area (Å²) in [5.74, 6) is 2.27. The van der Waals surface area contributed by atoms with Crippen LogP contribution in [-0.4, -0.2) is 5.48 Å². The van der Waals surface area contributed by atoms with Crippen LogP contribution in [0.1, 0.15) is 127 Å². The lowest BCUT2D eigenvalue weighted by Crippen LogP contribution is -2.15. The van der Waals surface area contributed by atoms with Gasteiger partial charge in [-0.1, -0.05) is 183 Å². The lowest BCUT2D eigenvalue weighted by molar-refractivity contribution is 0.724. The summed E-state index contributed by atoms with van der Waals surface area (Å²) in [7, 11) is 0.429. The molecule has 0 amide bonds. The van der Waals surface area contributed by atoms with Gasteiger partial charge in [0, 0.05) is 37.6 Å². The SMILES string of the molecule is CCC(C)c1cccc2c1=Nc1ccccc1S=2I.CCC(C)c1cccc2c1=Nc1ccccc1S=2I.CCC(C)c1cccc2c1=Nc1ccccc1S=2I.CCC(C)c1cccc2c1=Nc1ccccc1S=2I.O. The molecular formula is C64H66I4N4OS4. The summed E-state index contributed by atoms with van der Waals surface area (Å²) in [6, 6.07) is 60.7. The fraction of sp³-hybridized carbons (Fsp3) is 0.250. The summed E-state index contributed by atoms with van der Waals surface area (Å²) in [5, 5.41) is 4.86. The van der Waals surface area contributed by atoms with Gasteiger partial charge in [0.2, 0.25) is 0 Å². The molecule has 8 aromatic rings. The molecule has 8 aromatic carbocycles. The Labute approximate surface area is 513 Å². The van der Waals surface area contributed by atoms with Crippen molar-refractivity contribution in [1.82, 2.24) is 0 Å². The van der Waals surface area contributed by atoms with E-state index in [9.17, 15) is 0 Å². The number of rotatable bonds is 8. The molecule has 0 spiro atoms. The molecule has 0 saturated carbocycles. The molecular weight excluding hydrogens is 1480 g/mol. The van der Waals surface area contributed by atoms with Crippen LogP contribution in [-0.2, 0) is 0 Å². The van der Waals surface area contributed by atoms with Crippen LogP contribution in [0.5, 0.6) is 0 Å². The predicted octanol–water partition coefficient (Wildman–Crippen LogP) is 20.8. The van der Waals surface area contributed by atoms with Crippen molar-refractivity contribution in [3.8, 4) is 0 Å². The number of halogens is 4. The zero-order valence-corrected chi connectivity index (χ0v) is 56.6. The second-order valence-corrected chi connectivity index (χ2v) is 35.5. The molecule has 5 nitrogen and oxygen atoms in total. The van der Waals surface area contributed by atoms with E-state index in [1.54, 1.807) is 0 Å². The maximum Gasteiger partial charge on any atom is 0.0810 e. The molecule has 0 aliphatic carbocycles. The van der Waals surface area contributed by atoms with Gasteiger partial charge in [0.25, 0.3) is 0 Å². The molecule has 13 heteroatoms. The van der Waals surface area contributed by atoms with E-state index in [4.69, 9.17) is 20.0 Å². The van der Waals surface area contributed by atoms with Crippen molar-refractivity contribution in [3.63, 3.8) is 0 Å². The summed E-state index contributed by atoms with van der Waals surface area (Å²) in [6.07, 6.45) is 4.62. The Morgan fingerprint density at radius 2 is 0.494 bits per heavy atom. The third-order valence-corrected chi connectivity index (χ3v) is 31.8. The van der Waals surface area contributed by atoms with E-state index in [1.807, 2.05) is 0 Å². The highest BCUT2D eigenvalue weighted by molar-refractivity contribution is 14.2. The van der Waals surface area contributed by atoms with Gasteiger partial charge in [-0.15, -0.1) is 0 Å². The van der Waals surface area contributed by atoms with Gasteiger partial charge < -0.3 is 5.48 Å². The lowest BCUT2D eigenvalue weighted by Gasteiger charge is -2.15. The van der Waals surface area contributed by atoms with E-state index < -0.39 is 0 Å². The quantitative estimate of drug-likeness (QED) is 0.107. The van der Waals surface area contributed by atoms with Crippen LogP contribution in [0.15, 0.2) is 209 Å². The smallest absolute Gasteiger partial charge is 0.0810 e. The van der Waals surface area contributed by atoms with E-state index in [0.717, 1.165) is 48.4 Å². The van der Waals surface area contributed by atoms with Crippen LogP contribution in [0.25, 0.3) is 0 Å². The Morgan fingerprint density at radius 3 is 0.688 bits per heavy atom. The second-order valence-electron chi connectivity index (χ2n) is 19.4. The molecule has 0 fully saturated rings. The van der Waals surface area contributed by atoms with Gasteiger partial charge in [-0.3, -0.25) is 0 Å². The average Bonchev–Trinajstić information content (AvgIpc) is 3.50. The van der Waals surface area contributed by atoms with E-state index in [-0.39, 0.29) is 36.1 Å². The molecule has 0 saturated heterocycles. The van der Waals surface area contributed by atoms with Crippen molar-refractivity contribution in [3.05, 3.63) is 232 Å². The largest absolute Gasteiger partial charge is 0.412 e. The second kappa shape index (κ2) is 27.8. The molecule has 12 rings (SSSR count). The number of benzene rings is 8. The molecule has 8 unspecified atom stereocenters. The maximum atomic E-state index is 4.93. The highest BCUT2D eigenvalue weighted by Crippen LogP contribution is 2.47. The lowest BCUT2D eigenvalue weighted by atomic mass is 9.98. The molecule has 0 radical (unpaired) electrons. The standard InChI is InChI=1S/4C16H16INS.H2O/c4*1-3-11(2)12-7-6-10-15-16(12)18-13-8-4-5-9-14(13)19(15)17;/h4*4-11H,3H2,1-2H3;1H2. The first-order valence-corrected chi connectivity index (χ1v) is 41.3. The maximum absolute atomic E-state index is 4.93. The number of nitrogens with zero attached hydrogens (tertiary/aromatic N) is 4. The van der Waals surface area contributed by atoms with Crippen LogP contribution in [0.2, 0.25) is 0 Å². The summed E-state index contributed by atoms with van der Waals surface area (Å²) < 4.78 is 5.54. The molecule has 77 heavy (non-hydrogen) atoms. The number of hydrogen-bond donors (Lipinski definition) is 0. The van der Waals surface area contributed by atoms with E-state index >= 15 is 0 Å². The zero-order valence-electron chi connectivity index (χ0n) is 44.7. The van der Waals surface area contributed by atoms with Crippen LogP contribution >= 0.6 is 115 Å². The molecule has 2 N–H and O–H groups in total. The molecule has 4 heterocycles. The van der Waals surface area contributed by atoms with Crippen molar-refractivity contribution in [2.24, 2.45) is 20.0 Å². The number of hydrogen-bond acceptors (Lipinski definition) is 4. The third kappa shape index (κ3) is 13.0. The average molecular weight is 1540 g/mol. The Hall–Kier alpha value is -2.76. The molecule has 4 aliphatic rings. The van der Waals surface area contributed by atoms with Crippen LogP contribution in [0.4, 0.5) is 22.7 Å². The minimum Gasteiger partial charge on any atom is -0.412 e. The van der Waals surface area contributed by atoms with Crippen molar-refractivity contribution >= 4 is 138 Å². The summed E-state index contributed by atoms with van der Waals surface area (Å²) in [5.41, 5.74) is 10.1. The van der Waals surface area contributed by atoms with Crippen LogP contribution in [0, 0.1) is 18.0 Å². The molecule has 8 atom stereocenters. The van der Waals surface area contributed by atoms with E-state index in [2.05, 4.69) is 310 Å². The van der Waals surface area contributed by atoms with E-state index in [0.29, 0.717) is 23.7 Å². The van der Waals surface area contributed by atoms with Gasteiger partial charge >= 0.3 is 0 Å². The van der Waals surface area contributed by atoms with Gasteiger partial charge in [-0.25, -0.2) is 20.0 Å². The third-order valence-electron chi connectivity index (χ3n) is 14.6. The molecule has 4 aliphatic heterocycles. The van der Waals surface area contributed by atoms with Crippen molar-refractivity contribution in [2.45, 2.75) is 124 Å². The Balaban J connectivity index is 0.000000135. The minimum absolute atomic E-state index is 0. The van der Waals surface area contributed by atoms with Crippen molar-refractivity contribution in [2.75, 3.05) is 0 Å². The summed E-state index contributed by atoms with van der Waals surface area (Å²) >= 11 is 10.2. The number of para-hydroxylation sites is 8. The van der Waals surface area contributed by atoms with Gasteiger partial charge in [0.05, 0.1) is 44.2 Å². The molecule has 0 aromatic heterocycles. The zero-order chi connectivity index (χ0) is 53.6. The van der Waals surface area contributed by atoms with Gasteiger partial charge in [-0.2, -0.15) is 0 Å². The first-order chi connectivity index (χ1) is 36.9. The first-order valence-electron chi connectivity index (χ1n) is 26.3. The Kier molecular flexibility index (Phi) is 21.8. The highest BCUT2D eigenvalue weighted by atomic mass is 127. The van der Waals surface area contributed by atoms with E-state index in [1.165, 1.54) is 81.3 Å². The Bertz CT molecular complexity index is 3540. The van der Waals surface area contributed by atoms with Crippen LogP contribution < -0.4 is 21.4 Å². The fourth-order valence-electron chi connectivity index (χ4n) is 9.44. The van der Waals surface area contributed by atoms with Gasteiger partial charge in [-0.05, 0) is 229 Å². The predicted molar refractivity (Wildman–Crippen MR) is 368 cm³/mol. The van der Waals surface area contributed by atoms with Crippen molar-refractivity contribution < 1.29 is 5.48 Å². The van der Waals surface area contributed by atoms with Gasteiger partial charge in [0.1, 0.15) is 0 Å². The highest BCUT2D eigenvalue weighted by Gasteiger charge is 2.18. The minimum atomic E-state index is 0. The Morgan fingerprint density at radius 1 is 0.299 bits per heavy atom. The summed E-state index contributed by atoms with van der Waals surface area (Å²) in [4.78, 5) is 25.2. The number of fused-ring (bicyclic) bond motifs is 8. The summed E-state index contributed by atoms with van der Waals surface area (Å²) in [6.45, 7) is 18.1.